The second-order valence-corrected chi connectivity index (χ2v) is 5.35. The molecule has 0 fully saturated rings. The van der Waals surface area contributed by atoms with Gasteiger partial charge in [-0.1, -0.05) is 50.2 Å². The summed E-state index contributed by atoms with van der Waals surface area (Å²) in [6.07, 6.45) is 0. The minimum Gasteiger partial charge on any atom is -0.143 e. The third-order valence-electron chi connectivity index (χ3n) is 3.59. The van der Waals surface area contributed by atoms with Crippen LogP contribution in [0.25, 0.3) is 11.1 Å². The van der Waals surface area contributed by atoms with E-state index in [0.29, 0.717) is 0 Å². The maximum Gasteiger partial charge on any atom is 0.0159 e. The number of rotatable bonds is 0. The molecule has 0 saturated carbocycles. The number of hydrogen-bond donors (Lipinski definition) is 1. The van der Waals surface area contributed by atoms with Crippen molar-refractivity contribution in [2.75, 3.05) is 0 Å². The normalized spacial score (nSPS) is 15.7. The Hall–Kier alpha value is -1.21. The van der Waals surface area contributed by atoms with Crippen molar-refractivity contribution in [2.45, 2.75) is 24.2 Å². The number of thiol groups is 1. The number of benzene rings is 2. The maximum atomic E-state index is 4.59. The molecule has 0 radical (unpaired) electrons. The Morgan fingerprint density at radius 1 is 0.875 bits per heavy atom. The van der Waals surface area contributed by atoms with Gasteiger partial charge in [-0.15, -0.1) is 12.6 Å². The molecule has 1 aliphatic rings. The number of fused-ring (bicyclic) bond motifs is 3. The predicted molar refractivity (Wildman–Crippen MR) is 71.3 cm³/mol. The van der Waals surface area contributed by atoms with Gasteiger partial charge in [0.25, 0.3) is 0 Å². The summed E-state index contributed by atoms with van der Waals surface area (Å²) in [4.78, 5) is 1.08. The van der Waals surface area contributed by atoms with E-state index in [2.05, 4.69) is 68.9 Å². The highest BCUT2D eigenvalue weighted by Gasteiger charge is 2.35. The van der Waals surface area contributed by atoms with Gasteiger partial charge in [-0.05, 0) is 28.3 Å². The van der Waals surface area contributed by atoms with Crippen molar-refractivity contribution in [1.82, 2.24) is 0 Å². The van der Waals surface area contributed by atoms with Gasteiger partial charge in [0.2, 0.25) is 0 Å². The van der Waals surface area contributed by atoms with Crippen molar-refractivity contribution in [3.63, 3.8) is 0 Å². The molecule has 16 heavy (non-hydrogen) atoms. The first-order valence-corrected chi connectivity index (χ1v) is 5.99. The van der Waals surface area contributed by atoms with Crippen LogP contribution in [0.3, 0.4) is 0 Å². The fourth-order valence-electron chi connectivity index (χ4n) is 2.74. The van der Waals surface area contributed by atoms with Crippen LogP contribution in [-0.4, -0.2) is 0 Å². The fourth-order valence-corrected chi connectivity index (χ4v) is 3.06. The highest BCUT2D eigenvalue weighted by molar-refractivity contribution is 7.80. The minimum atomic E-state index is 0.102. The highest BCUT2D eigenvalue weighted by Crippen LogP contribution is 2.50. The molecule has 1 aliphatic carbocycles. The van der Waals surface area contributed by atoms with Crippen LogP contribution in [0.2, 0.25) is 0 Å². The monoisotopic (exact) mass is 226 g/mol. The summed E-state index contributed by atoms with van der Waals surface area (Å²) >= 11 is 4.59. The second kappa shape index (κ2) is 3.14. The van der Waals surface area contributed by atoms with Crippen LogP contribution in [0.15, 0.2) is 47.4 Å². The Morgan fingerprint density at radius 2 is 1.56 bits per heavy atom. The number of hydrogen-bond acceptors (Lipinski definition) is 1. The van der Waals surface area contributed by atoms with Crippen LogP contribution in [0.5, 0.6) is 0 Å². The molecule has 2 aromatic rings. The fraction of sp³-hybridized carbons (Fsp3) is 0.200. The lowest BCUT2D eigenvalue weighted by molar-refractivity contribution is 0.659. The van der Waals surface area contributed by atoms with Gasteiger partial charge < -0.3 is 0 Å². The Morgan fingerprint density at radius 3 is 2.38 bits per heavy atom. The Labute approximate surface area is 102 Å². The van der Waals surface area contributed by atoms with E-state index in [1.165, 1.54) is 22.3 Å². The molecule has 0 aromatic heterocycles. The first-order valence-electron chi connectivity index (χ1n) is 5.54. The Bertz CT molecular complexity index is 567. The van der Waals surface area contributed by atoms with Crippen molar-refractivity contribution in [1.29, 1.82) is 0 Å². The average molecular weight is 226 g/mol. The van der Waals surface area contributed by atoms with Crippen LogP contribution in [-0.2, 0) is 5.41 Å². The van der Waals surface area contributed by atoms with Crippen molar-refractivity contribution in [3.05, 3.63) is 53.6 Å². The molecule has 0 amide bonds. The van der Waals surface area contributed by atoms with Crippen LogP contribution in [0, 0.1) is 0 Å². The Kier molecular flexibility index (Phi) is 1.96. The van der Waals surface area contributed by atoms with Gasteiger partial charge in [-0.2, -0.15) is 0 Å². The van der Waals surface area contributed by atoms with E-state index < -0.39 is 0 Å². The summed E-state index contributed by atoms with van der Waals surface area (Å²) in [6.45, 7) is 4.57. The first kappa shape index (κ1) is 9.98. The van der Waals surface area contributed by atoms with Gasteiger partial charge in [0.05, 0.1) is 0 Å². The lowest BCUT2D eigenvalue weighted by atomic mass is 9.82. The van der Waals surface area contributed by atoms with Gasteiger partial charge in [0.15, 0.2) is 0 Å². The van der Waals surface area contributed by atoms with Gasteiger partial charge in [-0.25, -0.2) is 0 Å². The van der Waals surface area contributed by atoms with Crippen molar-refractivity contribution < 1.29 is 0 Å². The van der Waals surface area contributed by atoms with Crippen molar-refractivity contribution in [2.24, 2.45) is 0 Å². The van der Waals surface area contributed by atoms with Gasteiger partial charge in [0.1, 0.15) is 0 Å². The van der Waals surface area contributed by atoms with Crippen molar-refractivity contribution >= 4 is 12.6 Å². The summed E-state index contributed by atoms with van der Waals surface area (Å²) in [5, 5.41) is 0. The zero-order valence-corrected chi connectivity index (χ0v) is 10.4. The summed E-state index contributed by atoms with van der Waals surface area (Å²) in [5.41, 5.74) is 5.55. The molecular formula is C15H14S. The largest absolute Gasteiger partial charge is 0.143 e. The highest BCUT2D eigenvalue weighted by atomic mass is 32.1. The molecule has 0 heterocycles. The third-order valence-corrected chi connectivity index (χ3v) is 3.96. The van der Waals surface area contributed by atoms with Crippen LogP contribution < -0.4 is 0 Å². The molecular weight excluding hydrogens is 212 g/mol. The lowest BCUT2D eigenvalue weighted by Crippen LogP contribution is -2.14. The SMILES string of the molecule is CC1(C)c2ccccc2-c2c(S)cccc21. The van der Waals surface area contributed by atoms with Gasteiger partial charge >= 0.3 is 0 Å². The van der Waals surface area contributed by atoms with Gasteiger partial charge in [0, 0.05) is 10.3 Å². The molecule has 0 saturated heterocycles. The van der Waals surface area contributed by atoms with E-state index >= 15 is 0 Å². The zero-order chi connectivity index (χ0) is 11.3. The summed E-state index contributed by atoms with van der Waals surface area (Å²) < 4.78 is 0. The summed E-state index contributed by atoms with van der Waals surface area (Å²) in [6, 6.07) is 15.0. The molecule has 2 aromatic carbocycles. The van der Waals surface area contributed by atoms with E-state index in [1.54, 1.807) is 0 Å². The quantitative estimate of drug-likeness (QED) is 0.637. The molecule has 0 nitrogen and oxygen atoms in total. The zero-order valence-electron chi connectivity index (χ0n) is 9.49. The average Bonchev–Trinajstić information content (AvgIpc) is 2.51. The molecule has 80 valence electrons. The third kappa shape index (κ3) is 1.12. The standard InChI is InChI=1S/C15H14S/c1-15(2)11-7-4-3-6-10(11)14-12(15)8-5-9-13(14)16/h3-9,16H,1-2H3. The van der Waals surface area contributed by atoms with Crippen LogP contribution in [0.1, 0.15) is 25.0 Å². The molecule has 0 spiro atoms. The summed E-state index contributed by atoms with van der Waals surface area (Å²) in [5.74, 6) is 0. The van der Waals surface area contributed by atoms with E-state index in [0.717, 1.165) is 4.90 Å². The van der Waals surface area contributed by atoms with E-state index in [1.807, 2.05) is 0 Å². The van der Waals surface area contributed by atoms with E-state index in [4.69, 9.17) is 0 Å². The molecule has 0 atom stereocenters. The topological polar surface area (TPSA) is 0 Å². The predicted octanol–water partition coefficient (Wildman–Crippen LogP) is 4.28. The second-order valence-electron chi connectivity index (χ2n) is 4.87. The smallest absolute Gasteiger partial charge is 0.0159 e. The Balaban J connectivity index is 2.45. The molecule has 0 bridgehead atoms. The minimum absolute atomic E-state index is 0.102. The van der Waals surface area contributed by atoms with Crippen LogP contribution in [0.4, 0.5) is 0 Å². The molecule has 0 unspecified atom stereocenters. The van der Waals surface area contributed by atoms with Gasteiger partial charge in [-0.3, -0.25) is 0 Å². The lowest BCUT2D eigenvalue weighted by Gasteiger charge is -2.21. The van der Waals surface area contributed by atoms with Crippen molar-refractivity contribution in [3.8, 4) is 11.1 Å². The molecule has 1 heteroatoms. The molecule has 3 rings (SSSR count). The maximum absolute atomic E-state index is 4.59. The van der Waals surface area contributed by atoms with Crippen LogP contribution >= 0.6 is 12.6 Å². The van der Waals surface area contributed by atoms with E-state index in [9.17, 15) is 0 Å². The van der Waals surface area contributed by atoms with E-state index in [-0.39, 0.29) is 5.41 Å². The summed E-state index contributed by atoms with van der Waals surface area (Å²) in [7, 11) is 0. The molecule has 0 N–H and O–H groups in total. The molecule has 0 aliphatic heterocycles. The first-order chi connectivity index (χ1) is 7.62.